The molecule has 2 heterocycles. The molecule has 1 aliphatic carbocycles. The van der Waals surface area contributed by atoms with Gasteiger partial charge in [-0.25, -0.2) is 9.97 Å². The molecule has 30 heavy (non-hydrogen) atoms. The van der Waals surface area contributed by atoms with Crippen LogP contribution in [-0.2, 0) is 4.74 Å². The van der Waals surface area contributed by atoms with E-state index in [0.717, 1.165) is 61.2 Å². The highest BCUT2D eigenvalue weighted by Crippen LogP contribution is 2.28. The number of phenols is 1. The molecule has 0 atom stereocenters. The number of phenolic OH excluding ortho intramolecular Hbond substituents is 1. The molecule has 5 rings (SSSR count). The van der Waals surface area contributed by atoms with Crippen molar-refractivity contribution in [3.8, 4) is 16.9 Å². The summed E-state index contributed by atoms with van der Waals surface area (Å²) in [6, 6.07) is 14.6. The molecule has 0 spiro atoms. The first-order chi connectivity index (χ1) is 14.7. The Kier molecular flexibility index (Phi) is 5.51. The first-order valence-corrected chi connectivity index (χ1v) is 10.9. The van der Waals surface area contributed by atoms with Crippen LogP contribution < -0.4 is 5.32 Å². The summed E-state index contributed by atoms with van der Waals surface area (Å²) in [5.74, 6) is 0.981. The smallest absolute Gasteiger partial charge is 0.223 e. The van der Waals surface area contributed by atoms with Gasteiger partial charge in [-0.15, -0.1) is 0 Å². The van der Waals surface area contributed by atoms with Gasteiger partial charge in [0.2, 0.25) is 5.95 Å². The van der Waals surface area contributed by atoms with E-state index in [4.69, 9.17) is 9.72 Å². The summed E-state index contributed by atoms with van der Waals surface area (Å²) < 4.78 is 5.48. The minimum atomic E-state index is 0.270. The van der Waals surface area contributed by atoms with E-state index in [2.05, 4.69) is 21.3 Å². The van der Waals surface area contributed by atoms with Crippen molar-refractivity contribution in [2.24, 2.45) is 0 Å². The Morgan fingerprint density at radius 3 is 2.57 bits per heavy atom. The molecule has 1 saturated heterocycles. The number of ether oxygens (including phenoxy) is 1. The largest absolute Gasteiger partial charge is 0.508 e. The van der Waals surface area contributed by atoms with Gasteiger partial charge in [0.15, 0.2) is 0 Å². The Hall–Kier alpha value is -2.70. The highest BCUT2D eigenvalue weighted by Gasteiger charge is 2.27. The molecule has 1 aliphatic heterocycles. The lowest BCUT2D eigenvalue weighted by atomic mass is 9.90. The van der Waals surface area contributed by atoms with Crippen LogP contribution in [0.25, 0.3) is 22.0 Å². The standard InChI is InChI=1S/C24H28N4O2/c29-22-3-1-2-17(15-22)18-4-9-23-19(14-18)16-25-24(27-23)26-20-5-7-21(8-6-20)28-10-12-30-13-11-28/h1-4,9,14-16,20-21,29H,5-8,10-13H2,(H,25,26,27). The fourth-order valence-corrected chi connectivity index (χ4v) is 4.68. The predicted octanol–water partition coefficient (Wildman–Crippen LogP) is 4.06. The zero-order chi connectivity index (χ0) is 20.3. The molecule has 6 nitrogen and oxygen atoms in total. The van der Waals surface area contributed by atoms with E-state index in [0.29, 0.717) is 18.0 Å². The van der Waals surface area contributed by atoms with Crippen molar-refractivity contribution < 1.29 is 9.84 Å². The van der Waals surface area contributed by atoms with Gasteiger partial charge in [0.05, 0.1) is 18.7 Å². The van der Waals surface area contributed by atoms with Crippen LogP contribution in [0.3, 0.4) is 0 Å². The number of aromatic nitrogens is 2. The monoisotopic (exact) mass is 404 g/mol. The van der Waals surface area contributed by atoms with Crippen LogP contribution in [0.5, 0.6) is 5.75 Å². The predicted molar refractivity (Wildman–Crippen MR) is 119 cm³/mol. The maximum atomic E-state index is 9.73. The van der Waals surface area contributed by atoms with Crippen LogP contribution in [0.1, 0.15) is 25.7 Å². The number of benzene rings is 2. The first kappa shape index (κ1) is 19.3. The fourth-order valence-electron chi connectivity index (χ4n) is 4.68. The van der Waals surface area contributed by atoms with Gasteiger partial charge in [-0.3, -0.25) is 4.90 Å². The summed E-state index contributed by atoms with van der Waals surface area (Å²) in [4.78, 5) is 11.9. The van der Waals surface area contributed by atoms with E-state index in [-0.39, 0.29) is 5.75 Å². The SMILES string of the molecule is Oc1cccc(-c2ccc3nc(NC4CCC(N5CCOCC5)CC4)ncc3c2)c1. The van der Waals surface area contributed by atoms with Gasteiger partial charge in [0.1, 0.15) is 5.75 Å². The van der Waals surface area contributed by atoms with E-state index in [9.17, 15) is 5.11 Å². The summed E-state index contributed by atoms with van der Waals surface area (Å²) in [5, 5.41) is 14.3. The minimum absolute atomic E-state index is 0.270. The lowest BCUT2D eigenvalue weighted by molar-refractivity contribution is 0.00790. The number of aromatic hydroxyl groups is 1. The molecule has 2 N–H and O–H groups in total. The highest BCUT2D eigenvalue weighted by atomic mass is 16.5. The van der Waals surface area contributed by atoms with Crippen molar-refractivity contribution >= 4 is 16.9 Å². The van der Waals surface area contributed by atoms with Crippen molar-refractivity contribution in [2.45, 2.75) is 37.8 Å². The van der Waals surface area contributed by atoms with E-state index in [1.165, 1.54) is 12.8 Å². The molecule has 3 aromatic rings. The van der Waals surface area contributed by atoms with E-state index >= 15 is 0 Å². The molecule has 2 fully saturated rings. The molecule has 6 heteroatoms. The van der Waals surface area contributed by atoms with Gasteiger partial charge in [0.25, 0.3) is 0 Å². The molecular weight excluding hydrogens is 376 g/mol. The van der Waals surface area contributed by atoms with Gasteiger partial charge in [-0.2, -0.15) is 0 Å². The van der Waals surface area contributed by atoms with E-state index in [1.807, 2.05) is 30.5 Å². The second-order valence-electron chi connectivity index (χ2n) is 8.32. The molecule has 1 saturated carbocycles. The lowest BCUT2D eigenvalue weighted by Gasteiger charge is -2.38. The van der Waals surface area contributed by atoms with Gasteiger partial charge >= 0.3 is 0 Å². The zero-order valence-electron chi connectivity index (χ0n) is 17.1. The van der Waals surface area contributed by atoms with Crippen molar-refractivity contribution in [2.75, 3.05) is 31.6 Å². The van der Waals surface area contributed by atoms with E-state index < -0.39 is 0 Å². The molecule has 156 valence electrons. The molecule has 0 radical (unpaired) electrons. The normalized spacial score (nSPS) is 22.8. The molecule has 0 bridgehead atoms. The highest BCUT2D eigenvalue weighted by molar-refractivity contribution is 5.84. The average molecular weight is 405 g/mol. The molecule has 0 unspecified atom stereocenters. The Morgan fingerprint density at radius 1 is 0.967 bits per heavy atom. The molecule has 2 aromatic carbocycles. The summed E-state index contributed by atoms with van der Waals surface area (Å²) in [6.45, 7) is 3.88. The molecular formula is C24H28N4O2. The fraction of sp³-hybridized carbons (Fsp3) is 0.417. The topological polar surface area (TPSA) is 70.5 Å². The van der Waals surface area contributed by atoms with Crippen LogP contribution in [-0.4, -0.2) is 58.4 Å². The summed E-state index contributed by atoms with van der Waals surface area (Å²) >= 11 is 0. The van der Waals surface area contributed by atoms with Crippen molar-refractivity contribution in [3.05, 3.63) is 48.7 Å². The number of hydrogen-bond donors (Lipinski definition) is 2. The Bertz CT molecular complexity index is 1010. The number of fused-ring (bicyclic) bond motifs is 1. The third-order valence-electron chi connectivity index (χ3n) is 6.35. The number of hydrogen-bond acceptors (Lipinski definition) is 6. The van der Waals surface area contributed by atoms with Crippen LogP contribution in [0, 0.1) is 0 Å². The third-order valence-corrected chi connectivity index (χ3v) is 6.35. The van der Waals surface area contributed by atoms with Crippen molar-refractivity contribution in [3.63, 3.8) is 0 Å². The molecule has 2 aliphatic rings. The van der Waals surface area contributed by atoms with Crippen molar-refractivity contribution in [1.29, 1.82) is 0 Å². The molecule has 0 amide bonds. The molecule has 1 aromatic heterocycles. The first-order valence-electron chi connectivity index (χ1n) is 10.9. The van der Waals surface area contributed by atoms with Crippen LogP contribution in [0.4, 0.5) is 5.95 Å². The van der Waals surface area contributed by atoms with Crippen LogP contribution >= 0.6 is 0 Å². The maximum absolute atomic E-state index is 9.73. The second kappa shape index (κ2) is 8.58. The van der Waals surface area contributed by atoms with Crippen molar-refractivity contribution in [1.82, 2.24) is 14.9 Å². The quantitative estimate of drug-likeness (QED) is 0.683. The van der Waals surface area contributed by atoms with Gasteiger partial charge in [0, 0.05) is 36.8 Å². The lowest BCUT2D eigenvalue weighted by Crippen LogP contribution is -2.46. The van der Waals surface area contributed by atoms with Gasteiger partial charge in [-0.05, 0) is 61.1 Å². The average Bonchev–Trinajstić information content (AvgIpc) is 2.80. The Labute approximate surface area is 176 Å². The van der Waals surface area contributed by atoms with E-state index in [1.54, 1.807) is 12.1 Å². The Balaban J connectivity index is 1.24. The van der Waals surface area contributed by atoms with Crippen LogP contribution in [0.2, 0.25) is 0 Å². The number of morpholine rings is 1. The summed E-state index contributed by atoms with van der Waals surface area (Å²) in [7, 11) is 0. The summed E-state index contributed by atoms with van der Waals surface area (Å²) in [5.41, 5.74) is 2.96. The number of nitrogens with one attached hydrogen (secondary N) is 1. The maximum Gasteiger partial charge on any atom is 0.223 e. The minimum Gasteiger partial charge on any atom is -0.508 e. The number of rotatable bonds is 4. The van der Waals surface area contributed by atoms with Crippen LogP contribution in [0.15, 0.2) is 48.7 Å². The second-order valence-corrected chi connectivity index (χ2v) is 8.32. The third kappa shape index (κ3) is 4.25. The van der Waals surface area contributed by atoms with Gasteiger partial charge < -0.3 is 15.2 Å². The number of nitrogens with zero attached hydrogens (tertiary/aromatic N) is 3. The summed E-state index contributed by atoms with van der Waals surface area (Å²) in [6.07, 6.45) is 6.63. The number of anilines is 1. The zero-order valence-corrected chi connectivity index (χ0v) is 17.1. The van der Waals surface area contributed by atoms with Gasteiger partial charge in [-0.1, -0.05) is 18.2 Å². The Morgan fingerprint density at radius 2 is 1.77 bits per heavy atom.